The Bertz CT molecular complexity index is 296. The second-order valence-corrected chi connectivity index (χ2v) is 4.35. The van der Waals surface area contributed by atoms with E-state index >= 15 is 0 Å². The van der Waals surface area contributed by atoms with Crippen molar-refractivity contribution in [2.24, 2.45) is 13.0 Å². The summed E-state index contributed by atoms with van der Waals surface area (Å²) in [6, 6.07) is 0.386. The van der Waals surface area contributed by atoms with Crippen LogP contribution in [0.3, 0.4) is 0 Å². The van der Waals surface area contributed by atoms with Crippen LogP contribution in [0.4, 0.5) is 0 Å². The highest BCUT2D eigenvalue weighted by Crippen LogP contribution is 2.04. The lowest BCUT2D eigenvalue weighted by Crippen LogP contribution is -2.38. The molecule has 4 nitrogen and oxygen atoms in total. The van der Waals surface area contributed by atoms with E-state index in [1.54, 1.807) is 0 Å². The van der Waals surface area contributed by atoms with Crippen LogP contribution in [0.25, 0.3) is 0 Å². The van der Waals surface area contributed by atoms with Gasteiger partial charge in [-0.2, -0.15) is 0 Å². The summed E-state index contributed by atoms with van der Waals surface area (Å²) < 4.78 is 7.50. The Hall–Kier alpha value is -0.870. The van der Waals surface area contributed by atoms with Gasteiger partial charge in [-0.25, -0.2) is 4.98 Å². The molecule has 0 aliphatic carbocycles. The minimum absolute atomic E-state index is 0.386. The van der Waals surface area contributed by atoms with Gasteiger partial charge in [0.15, 0.2) is 0 Å². The second-order valence-electron chi connectivity index (χ2n) is 4.35. The average Bonchev–Trinajstić information content (AvgIpc) is 2.64. The van der Waals surface area contributed by atoms with Crippen LogP contribution >= 0.6 is 0 Å². The van der Waals surface area contributed by atoms with Crippen LogP contribution in [0.1, 0.15) is 26.6 Å². The van der Waals surface area contributed by atoms with Crippen LogP contribution in [0, 0.1) is 5.92 Å². The van der Waals surface area contributed by atoms with E-state index in [9.17, 15) is 0 Å². The Morgan fingerprint density at radius 1 is 1.50 bits per heavy atom. The zero-order valence-electron chi connectivity index (χ0n) is 10.7. The summed E-state index contributed by atoms with van der Waals surface area (Å²) in [7, 11) is 2.01. The summed E-state index contributed by atoms with van der Waals surface area (Å²) >= 11 is 0. The van der Waals surface area contributed by atoms with Crippen LogP contribution in [0.2, 0.25) is 0 Å². The van der Waals surface area contributed by atoms with E-state index in [1.165, 1.54) is 0 Å². The number of nitrogens with one attached hydrogen (secondary N) is 1. The Morgan fingerprint density at radius 2 is 2.25 bits per heavy atom. The van der Waals surface area contributed by atoms with Crippen molar-refractivity contribution in [3.8, 4) is 0 Å². The fourth-order valence-electron chi connectivity index (χ4n) is 1.52. The fourth-order valence-corrected chi connectivity index (χ4v) is 1.52. The Balaban J connectivity index is 2.40. The second kappa shape index (κ2) is 6.66. The molecule has 0 spiro atoms. The first-order valence-corrected chi connectivity index (χ1v) is 5.92. The van der Waals surface area contributed by atoms with Gasteiger partial charge in [-0.1, -0.05) is 13.8 Å². The maximum Gasteiger partial charge on any atom is 0.122 e. The molecule has 1 heterocycles. The first-order valence-electron chi connectivity index (χ1n) is 5.92. The van der Waals surface area contributed by atoms with Crippen molar-refractivity contribution in [3.63, 3.8) is 0 Å². The molecule has 0 aromatic carbocycles. The highest BCUT2D eigenvalue weighted by atomic mass is 16.5. The van der Waals surface area contributed by atoms with Crippen LogP contribution in [-0.4, -0.2) is 28.8 Å². The maximum absolute atomic E-state index is 5.47. The van der Waals surface area contributed by atoms with Gasteiger partial charge in [0.2, 0.25) is 0 Å². The minimum atomic E-state index is 0.386. The smallest absolute Gasteiger partial charge is 0.122 e. The Labute approximate surface area is 98.0 Å². The van der Waals surface area contributed by atoms with Gasteiger partial charge in [0.1, 0.15) is 5.82 Å². The van der Waals surface area contributed by atoms with E-state index in [2.05, 4.69) is 24.1 Å². The monoisotopic (exact) mass is 225 g/mol. The maximum atomic E-state index is 5.47. The molecule has 0 saturated heterocycles. The molecule has 0 bridgehead atoms. The predicted molar refractivity (Wildman–Crippen MR) is 65.2 cm³/mol. The van der Waals surface area contributed by atoms with Gasteiger partial charge in [-0.05, 0) is 12.8 Å². The molecule has 0 aliphatic heterocycles. The molecule has 1 unspecified atom stereocenters. The molecule has 1 N–H and O–H groups in total. The van der Waals surface area contributed by atoms with Crippen molar-refractivity contribution in [2.45, 2.75) is 33.4 Å². The van der Waals surface area contributed by atoms with Crippen molar-refractivity contribution in [1.29, 1.82) is 0 Å². The van der Waals surface area contributed by atoms with Crippen molar-refractivity contribution < 1.29 is 4.74 Å². The first-order chi connectivity index (χ1) is 7.65. The summed E-state index contributed by atoms with van der Waals surface area (Å²) in [6.45, 7) is 8.76. The minimum Gasteiger partial charge on any atom is -0.380 e. The van der Waals surface area contributed by atoms with Crippen molar-refractivity contribution in [2.75, 3.05) is 13.2 Å². The standard InChI is InChI=1S/C12H23N3O/c1-5-16-9-11(10(2)3)14-8-12-13-6-7-15(12)4/h6-7,10-11,14H,5,8-9H2,1-4H3. The Kier molecular flexibility index (Phi) is 5.49. The van der Waals surface area contributed by atoms with Gasteiger partial charge in [-0.15, -0.1) is 0 Å². The SMILES string of the molecule is CCOCC(NCc1nccn1C)C(C)C. The summed E-state index contributed by atoms with van der Waals surface area (Å²) in [5, 5.41) is 3.49. The number of imidazole rings is 1. The van der Waals surface area contributed by atoms with Crippen molar-refractivity contribution in [3.05, 3.63) is 18.2 Å². The summed E-state index contributed by atoms with van der Waals surface area (Å²) in [5.41, 5.74) is 0. The molecule has 1 aromatic heterocycles. The van der Waals surface area contributed by atoms with Gasteiger partial charge in [-0.3, -0.25) is 0 Å². The summed E-state index contributed by atoms with van der Waals surface area (Å²) in [4.78, 5) is 4.29. The van der Waals surface area contributed by atoms with E-state index in [0.717, 1.165) is 25.6 Å². The summed E-state index contributed by atoms with van der Waals surface area (Å²) in [5.74, 6) is 1.62. The van der Waals surface area contributed by atoms with E-state index in [1.807, 2.05) is 30.9 Å². The molecule has 1 atom stereocenters. The highest BCUT2D eigenvalue weighted by Gasteiger charge is 2.13. The van der Waals surface area contributed by atoms with Crippen molar-refractivity contribution in [1.82, 2.24) is 14.9 Å². The van der Waals surface area contributed by atoms with Crippen LogP contribution < -0.4 is 5.32 Å². The number of aryl methyl sites for hydroxylation is 1. The number of ether oxygens (including phenoxy) is 1. The molecule has 0 radical (unpaired) electrons. The highest BCUT2D eigenvalue weighted by molar-refractivity contribution is 4.91. The van der Waals surface area contributed by atoms with Gasteiger partial charge < -0.3 is 14.6 Å². The van der Waals surface area contributed by atoms with Crippen LogP contribution in [-0.2, 0) is 18.3 Å². The fraction of sp³-hybridized carbons (Fsp3) is 0.750. The number of rotatable bonds is 7. The zero-order chi connectivity index (χ0) is 12.0. The third-order valence-electron chi connectivity index (χ3n) is 2.75. The number of aromatic nitrogens is 2. The van der Waals surface area contributed by atoms with Gasteiger partial charge in [0, 0.05) is 32.1 Å². The molecule has 1 aromatic rings. The normalized spacial score (nSPS) is 13.3. The molecule has 1 rings (SSSR count). The lowest BCUT2D eigenvalue weighted by molar-refractivity contribution is 0.107. The molecule has 16 heavy (non-hydrogen) atoms. The molecule has 0 saturated carbocycles. The van der Waals surface area contributed by atoms with E-state index in [4.69, 9.17) is 4.74 Å². The van der Waals surface area contributed by atoms with Gasteiger partial charge in [0.25, 0.3) is 0 Å². The molecule has 92 valence electrons. The third kappa shape index (κ3) is 3.94. The molecular weight excluding hydrogens is 202 g/mol. The topological polar surface area (TPSA) is 39.1 Å². The van der Waals surface area contributed by atoms with Crippen LogP contribution in [0.15, 0.2) is 12.4 Å². The van der Waals surface area contributed by atoms with Crippen molar-refractivity contribution >= 4 is 0 Å². The average molecular weight is 225 g/mol. The largest absolute Gasteiger partial charge is 0.380 e. The predicted octanol–water partition coefficient (Wildman–Crippen LogP) is 1.57. The number of hydrogen-bond donors (Lipinski definition) is 1. The van der Waals surface area contributed by atoms with Gasteiger partial charge >= 0.3 is 0 Å². The number of nitrogens with zero attached hydrogens (tertiary/aromatic N) is 2. The quantitative estimate of drug-likeness (QED) is 0.765. The third-order valence-corrected chi connectivity index (χ3v) is 2.75. The van der Waals surface area contributed by atoms with Crippen LogP contribution in [0.5, 0.6) is 0 Å². The lowest BCUT2D eigenvalue weighted by Gasteiger charge is -2.22. The molecule has 0 fully saturated rings. The molecular formula is C12H23N3O. The lowest BCUT2D eigenvalue weighted by atomic mass is 10.1. The summed E-state index contributed by atoms with van der Waals surface area (Å²) in [6.07, 6.45) is 3.79. The van der Waals surface area contributed by atoms with E-state index in [0.29, 0.717) is 12.0 Å². The van der Waals surface area contributed by atoms with E-state index in [-0.39, 0.29) is 0 Å². The van der Waals surface area contributed by atoms with Gasteiger partial charge in [0.05, 0.1) is 13.2 Å². The first kappa shape index (κ1) is 13.2. The Morgan fingerprint density at radius 3 is 2.75 bits per heavy atom. The molecule has 0 amide bonds. The molecule has 0 aliphatic rings. The molecule has 4 heteroatoms. The number of hydrogen-bond acceptors (Lipinski definition) is 3. The zero-order valence-corrected chi connectivity index (χ0v) is 10.7. The van der Waals surface area contributed by atoms with E-state index < -0.39 is 0 Å².